The lowest BCUT2D eigenvalue weighted by atomic mass is 9.75. The number of aromatic nitrogens is 4. The summed E-state index contributed by atoms with van der Waals surface area (Å²) >= 11 is 0. The molecule has 0 radical (unpaired) electrons. The molecular formula is C35H44N4. The van der Waals surface area contributed by atoms with E-state index in [9.17, 15) is 0 Å². The summed E-state index contributed by atoms with van der Waals surface area (Å²) in [7, 11) is 0. The van der Waals surface area contributed by atoms with Gasteiger partial charge in [0.05, 0.1) is 11.4 Å². The summed E-state index contributed by atoms with van der Waals surface area (Å²) in [5.41, 5.74) is 10.6. The molecule has 2 aliphatic carbocycles. The van der Waals surface area contributed by atoms with Crippen LogP contribution in [-0.4, -0.2) is 19.6 Å². The first-order valence-electron chi connectivity index (χ1n) is 15.2. The van der Waals surface area contributed by atoms with Gasteiger partial charge in [-0.3, -0.25) is 0 Å². The molecule has 4 heteroatoms. The second-order valence-electron chi connectivity index (χ2n) is 12.8. The third-order valence-electron chi connectivity index (χ3n) is 9.54. The quantitative estimate of drug-likeness (QED) is 0.254. The van der Waals surface area contributed by atoms with E-state index in [4.69, 9.17) is 10.2 Å². The molecule has 0 spiro atoms. The van der Waals surface area contributed by atoms with Gasteiger partial charge in [0.25, 0.3) is 0 Å². The molecule has 0 fully saturated rings. The summed E-state index contributed by atoms with van der Waals surface area (Å²) < 4.78 is 4.69. The Morgan fingerprint density at radius 2 is 1.00 bits per heavy atom. The molecule has 2 aromatic carbocycles. The van der Waals surface area contributed by atoms with Crippen molar-refractivity contribution in [1.82, 2.24) is 19.6 Å². The number of nitrogens with zero attached hydrogens (tertiary/aromatic N) is 4. The maximum absolute atomic E-state index is 5.42. The highest BCUT2D eigenvalue weighted by Crippen LogP contribution is 2.48. The van der Waals surface area contributed by atoms with E-state index in [0.29, 0.717) is 42.2 Å². The molecule has 4 nitrogen and oxygen atoms in total. The fraction of sp³-hybridized carbons (Fsp3) is 0.486. The normalized spacial score (nSPS) is 22.8. The molecule has 39 heavy (non-hydrogen) atoms. The van der Waals surface area contributed by atoms with Crippen LogP contribution in [0.5, 0.6) is 0 Å². The minimum atomic E-state index is 0.508. The standard InChI is InChI=1S/C35H44N4/c1-22(2)28-19-17-24(5)30-32(26-13-9-7-10-14-26)36-38(34(28)30)21-39-35-29(23(3)4)20-18-25(6)31(35)33(37-39)27-15-11-8-12-16-27/h7-16,22-25,28-29H,17-21H2,1-6H3/t24-,25-,28-,29-/m1/s1. The molecule has 4 aromatic rings. The van der Waals surface area contributed by atoms with Gasteiger partial charge < -0.3 is 0 Å². The first kappa shape index (κ1) is 26.1. The van der Waals surface area contributed by atoms with E-state index in [1.165, 1.54) is 70.7 Å². The molecule has 2 heterocycles. The van der Waals surface area contributed by atoms with Crippen molar-refractivity contribution in [2.45, 2.75) is 97.6 Å². The van der Waals surface area contributed by atoms with E-state index in [1.54, 1.807) is 0 Å². The number of rotatable bonds is 6. The predicted molar refractivity (Wildman–Crippen MR) is 161 cm³/mol. The van der Waals surface area contributed by atoms with Gasteiger partial charge in [0, 0.05) is 45.5 Å². The molecule has 0 unspecified atom stereocenters. The van der Waals surface area contributed by atoms with Crippen LogP contribution in [0.15, 0.2) is 60.7 Å². The highest BCUT2D eigenvalue weighted by molar-refractivity contribution is 5.67. The molecule has 6 rings (SSSR count). The van der Waals surface area contributed by atoms with E-state index in [0.717, 1.165) is 0 Å². The van der Waals surface area contributed by atoms with Crippen molar-refractivity contribution >= 4 is 0 Å². The van der Waals surface area contributed by atoms with Gasteiger partial charge in [-0.15, -0.1) is 0 Å². The molecule has 0 amide bonds. The topological polar surface area (TPSA) is 35.6 Å². The molecule has 2 aliphatic rings. The van der Waals surface area contributed by atoms with E-state index < -0.39 is 0 Å². The third kappa shape index (κ3) is 4.56. The smallest absolute Gasteiger partial charge is 0.133 e. The van der Waals surface area contributed by atoms with Crippen LogP contribution in [0.4, 0.5) is 0 Å². The maximum atomic E-state index is 5.42. The second-order valence-corrected chi connectivity index (χ2v) is 12.8. The Bertz CT molecular complexity index is 1320. The largest absolute Gasteiger partial charge is 0.247 e. The highest BCUT2D eigenvalue weighted by atomic mass is 15.4. The van der Waals surface area contributed by atoms with E-state index in [-0.39, 0.29) is 0 Å². The van der Waals surface area contributed by atoms with Crippen LogP contribution in [0.25, 0.3) is 22.5 Å². The Morgan fingerprint density at radius 1 is 0.615 bits per heavy atom. The van der Waals surface area contributed by atoms with Crippen LogP contribution in [-0.2, 0) is 6.67 Å². The van der Waals surface area contributed by atoms with Gasteiger partial charge in [-0.1, -0.05) is 102 Å². The lowest BCUT2D eigenvalue weighted by Gasteiger charge is -2.32. The van der Waals surface area contributed by atoms with Gasteiger partial charge in [0.15, 0.2) is 0 Å². The fourth-order valence-electron chi connectivity index (χ4n) is 7.41. The van der Waals surface area contributed by atoms with Crippen LogP contribution in [0.1, 0.15) is 113 Å². The molecule has 0 N–H and O–H groups in total. The SMILES string of the molecule is CC(C)[C@H]1CC[C@@H](C)c2c(-c3ccccc3)nn(Cn3nc(-c4ccccc4)c4c3[C@@H](C(C)C)CC[C@H]4C)c21. The minimum absolute atomic E-state index is 0.508. The summed E-state index contributed by atoms with van der Waals surface area (Å²) in [6.45, 7) is 15.0. The summed E-state index contributed by atoms with van der Waals surface area (Å²) in [6, 6.07) is 21.6. The lowest BCUT2D eigenvalue weighted by molar-refractivity contribution is 0.348. The minimum Gasteiger partial charge on any atom is -0.247 e. The zero-order chi connectivity index (χ0) is 27.3. The monoisotopic (exact) mass is 520 g/mol. The summed E-state index contributed by atoms with van der Waals surface area (Å²) in [5.74, 6) is 3.19. The lowest BCUT2D eigenvalue weighted by Crippen LogP contribution is -2.25. The van der Waals surface area contributed by atoms with Gasteiger partial charge in [0.1, 0.15) is 6.67 Å². The van der Waals surface area contributed by atoms with Gasteiger partial charge >= 0.3 is 0 Å². The number of hydrogen-bond acceptors (Lipinski definition) is 2. The van der Waals surface area contributed by atoms with Crippen LogP contribution >= 0.6 is 0 Å². The molecule has 0 bridgehead atoms. The molecule has 204 valence electrons. The third-order valence-corrected chi connectivity index (χ3v) is 9.54. The maximum Gasteiger partial charge on any atom is 0.133 e. The van der Waals surface area contributed by atoms with Crippen LogP contribution < -0.4 is 0 Å². The van der Waals surface area contributed by atoms with Gasteiger partial charge in [0.2, 0.25) is 0 Å². The van der Waals surface area contributed by atoms with Crippen molar-refractivity contribution < 1.29 is 0 Å². The fourth-order valence-corrected chi connectivity index (χ4v) is 7.41. The van der Waals surface area contributed by atoms with Crippen LogP contribution in [0.3, 0.4) is 0 Å². The molecule has 4 atom stereocenters. The number of benzene rings is 2. The van der Waals surface area contributed by atoms with Crippen LogP contribution in [0.2, 0.25) is 0 Å². The first-order chi connectivity index (χ1) is 18.8. The van der Waals surface area contributed by atoms with E-state index in [1.807, 2.05) is 0 Å². The molecular weight excluding hydrogens is 476 g/mol. The van der Waals surface area contributed by atoms with Crippen molar-refractivity contribution in [1.29, 1.82) is 0 Å². The number of hydrogen-bond donors (Lipinski definition) is 0. The average Bonchev–Trinajstić information content (AvgIpc) is 3.51. The Kier molecular flexibility index (Phi) is 6.99. The van der Waals surface area contributed by atoms with Gasteiger partial charge in [-0.05, 0) is 49.4 Å². The molecule has 0 saturated heterocycles. The zero-order valence-corrected chi connectivity index (χ0v) is 24.6. The predicted octanol–water partition coefficient (Wildman–Crippen LogP) is 9.19. The molecule has 0 aliphatic heterocycles. The van der Waals surface area contributed by atoms with Crippen molar-refractivity contribution in [3.05, 3.63) is 83.2 Å². The Labute approximate surface area is 234 Å². The van der Waals surface area contributed by atoms with Crippen molar-refractivity contribution in [2.24, 2.45) is 11.8 Å². The van der Waals surface area contributed by atoms with Crippen molar-refractivity contribution in [3.63, 3.8) is 0 Å². The second kappa shape index (κ2) is 10.4. The van der Waals surface area contributed by atoms with Gasteiger partial charge in [-0.2, -0.15) is 10.2 Å². The van der Waals surface area contributed by atoms with E-state index in [2.05, 4.69) is 112 Å². The van der Waals surface area contributed by atoms with E-state index >= 15 is 0 Å². The summed E-state index contributed by atoms with van der Waals surface area (Å²) in [4.78, 5) is 0. The molecule has 0 saturated carbocycles. The molecule has 2 aromatic heterocycles. The first-order valence-corrected chi connectivity index (χ1v) is 15.2. The Morgan fingerprint density at radius 3 is 1.36 bits per heavy atom. The summed E-state index contributed by atoms with van der Waals surface area (Å²) in [6.07, 6.45) is 4.90. The average molecular weight is 521 g/mol. The Balaban J connectivity index is 1.55. The zero-order valence-electron chi connectivity index (χ0n) is 24.6. The highest BCUT2D eigenvalue weighted by Gasteiger charge is 2.37. The van der Waals surface area contributed by atoms with Crippen LogP contribution in [0, 0.1) is 11.8 Å². The number of fused-ring (bicyclic) bond motifs is 2. The van der Waals surface area contributed by atoms with Crippen molar-refractivity contribution in [3.8, 4) is 22.5 Å². The summed E-state index contributed by atoms with van der Waals surface area (Å²) in [5, 5.41) is 10.8. The Hall–Kier alpha value is -3.14. The van der Waals surface area contributed by atoms with Crippen molar-refractivity contribution in [2.75, 3.05) is 0 Å². The van der Waals surface area contributed by atoms with Gasteiger partial charge in [-0.25, -0.2) is 9.36 Å².